The maximum atomic E-state index is 12.2. The number of hydrogen-bond acceptors (Lipinski definition) is 5. The molecule has 0 aliphatic heterocycles. The molecule has 34 heavy (non-hydrogen) atoms. The third kappa shape index (κ3) is 7.18. The molecule has 0 saturated heterocycles. The number of amides is 2. The Morgan fingerprint density at radius 3 is 2.44 bits per heavy atom. The highest BCUT2D eigenvalue weighted by Gasteiger charge is 2.14. The van der Waals surface area contributed by atoms with Gasteiger partial charge >= 0.3 is 11.8 Å². The van der Waals surface area contributed by atoms with Crippen LogP contribution in [0.4, 0.5) is 5.69 Å². The number of hydrogen-bond donors (Lipinski definition) is 2. The molecular formula is C26H26BrN3O4. The molecule has 0 atom stereocenters. The van der Waals surface area contributed by atoms with Gasteiger partial charge in [0.05, 0.1) is 12.8 Å². The molecule has 0 fully saturated rings. The summed E-state index contributed by atoms with van der Waals surface area (Å²) in [7, 11) is 0. The van der Waals surface area contributed by atoms with Gasteiger partial charge in [-0.15, -0.1) is 0 Å². The van der Waals surface area contributed by atoms with Crippen LogP contribution in [0.3, 0.4) is 0 Å². The second kappa shape index (κ2) is 12.6. The Morgan fingerprint density at radius 2 is 1.71 bits per heavy atom. The number of benzene rings is 3. The molecule has 0 aliphatic rings. The molecule has 0 bridgehead atoms. The van der Waals surface area contributed by atoms with Crippen LogP contribution in [0.5, 0.6) is 11.5 Å². The summed E-state index contributed by atoms with van der Waals surface area (Å²) in [6, 6.07) is 20.5. The first-order valence-electron chi connectivity index (χ1n) is 10.9. The summed E-state index contributed by atoms with van der Waals surface area (Å²) in [6.07, 6.45) is 2.17. The van der Waals surface area contributed by atoms with E-state index in [9.17, 15) is 9.59 Å². The molecule has 8 heteroatoms. The highest BCUT2D eigenvalue weighted by atomic mass is 79.9. The van der Waals surface area contributed by atoms with Crippen molar-refractivity contribution in [3.8, 4) is 11.5 Å². The molecule has 3 rings (SSSR count). The van der Waals surface area contributed by atoms with Gasteiger partial charge < -0.3 is 14.8 Å². The zero-order valence-electron chi connectivity index (χ0n) is 19.0. The zero-order valence-corrected chi connectivity index (χ0v) is 20.6. The lowest BCUT2D eigenvalue weighted by molar-refractivity contribution is -0.136. The van der Waals surface area contributed by atoms with Gasteiger partial charge in [0.15, 0.2) is 11.5 Å². The number of aryl methyl sites for hydroxylation is 1. The minimum atomic E-state index is -0.860. The third-order valence-corrected chi connectivity index (χ3v) is 5.34. The van der Waals surface area contributed by atoms with Crippen LogP contribution in [0, 0.1) is 0 Å². The summed E-state index contributed by atoms with van der Waals surface area (Å²) < 4.78 is 12.6. The first-order valence-corrected chi connectivity index (χ1v) is 11.7. The van der Waals surface area contributed by atoms with Crippen LogP contribution in [0.1, 0.15) is 30.5 Å². The smallest absolute Gasteiger partial charge is 0.329 e. The molecular weight excluding hydrogens is 498 g/mol. The molecule has 3 aromatic carbocycles. The van der Waals surface area contributed by atoms with Crippen LogP contribution < -0.4 is 20.2 Å². The molecule has 0 spiro atoms. The molecule has 0 aromatic heterocycles. The average Bonchev–Trinajstić information content (AvgIpc) is 2.85. The third-order valence-electron chi connectivity index (χ3n) is 4.81. The predicted octanol–water partition coefficient (Wildman–Crippen LogP) is 5.08. The number of hydrazone groups is 1. The van der Waals surface area contributed by atoms with Crippen LogP contribution in [-0.2, 0) is 22.6 Å². The number of nitrogens with zero attached hydrogens (tertiary/aromatic N) is 1. The lowest BCUT2D eigenvalue weighted by Gasteiger charge is -2.12. The minimum absolute atomic E-state index is 0.396. The molecule has 2 amide bonds. The molecule has 176 valence electrons. The van der Waals surface area contributed by atoms with E-state index < -0.39 is 11.8 Å². The normalized spacial score (nSPS) is 10.7. The number of halogens is 1. The van der Waals surface area contributed by atoms with Gasteiger partial charge in [-0.2, -0.15) is 5.10 Å². The minimum Gasteiger partial charge on any atom is -0.490 e. The Morgan fingerprint density at radius 1 is 0.941 bits per heavy atom. The van der Waals surface area contributed by atoms with Crippen molar-refractivity contribution < 1.29 is 19.1 Å². The summed E-state index contributed by atoms with van der Waals surface area (Å²) in [6.45, 7) is 4.72. The maximum Gasteiger partial charge on any atom is 0.329 e. The highest BCUT2D eigenvalue weighted by molar-refractivity contribution is 9.10. The molecule has 0 radical (unpaired) electrons. The van der Waals surface area contributed by atoms with Gasteiger partial charge in [0.2, 0.25) is 0 Å². The summed E-state index contributed by atoms with van der Waals surface area (Å²) in [5.41, 5.74) is 5.50. The van der Waals surface area contributed by atoms with Crippen LogP contribution in [-0.4, -0.2) is 24.6 Å². The van der Waals surface area contributed by atoms with Gasteiger partial charge in [0.1, 0.15) is 6.61 Å². The number of rotatable bonds is 9. The molecule has 0 unspecified atom stereocenters. The van der Waals surface area contributed by atoms with Crippen molar-refractivity contribution >= 4 is 39.6 Å². The second-order valence-corrected chi connectivity index (χ2v) is 8.13. The summed E-state index contributed by atoms with van der Waals surface area (Å²) in [5.74, 6) is -0.491. The van der Waals surface area contributed by atoms with Crippen LogP contribution >= 0.6 is 15.9 Å². The van der Waals surface area contributed by atoms with Crippen molar-refractivity contribution in [3.63, 3.8) is 0 Å². The topological polar surface area (TPSA) is 89.0 Å². The molecule has 7 nitrogen and oxygen atoms in total. The number of nitrogens with one attached hydrogen (secondary N) is 2. The predicted molar refractivity (Wildman–Crippen MR) is 136 cm³/mol. The van der Waals surface area contributed by atoms with Crippen molar-refractivity contribution in [2.24, 2.45) is 5.10 Å². The van der Waals surface area contributed by atoms with Crippen molar-refractivity contribution in [3.05, 3.63) is 87.9 Å². The lowest BCUT2D eigenvalue weighted by Crippen LogP contribution is -2.32. The van der Waals surface area contributed by atoms with Gasteiger partial charge in [0.25, 0.3) is 0 Å². The van der Waals surface area contributed by atoms with E-state index in [2.05, 4.69) is 31.8 Å². The molecule has 0 saturated carbocycles. The number of anilines is 1. The zero-order chi connectivity index (χ0) is 24.3. The number of para-hydroxylation sites is 1. The van der Waals surface area contributed by atoms with E-state index in [1.165, 1.54) is 6.21 Å². The quantitative estimate of drug-likeness (QED) is 0.232. The van der Waals surface area contributed by atoms with Crippen LogP contribution in [0.2, 0.25) is 0 Å². The van der Waals surface area contributed by atoms with E-state index in [-0.39, 0.29) is 0 Å². The monoisotopic (exact) mass is 523 g/mol. The Hall–Kier alpha value is -3.65. The first kappa shape index (κ1) is 25.0. The fourth-order valence-corrected chi connectivity index (χ4v) is 3.34. The van der Waals surface area contributed by atoms with E-state index in [0.29, 0.717) is 36.0 Å². The van der Waals surface area contributed by atoms with Gasteiger partial charge in [0, 0.05) is 10.2 Å². The molecule has 3 aromatic rings. The van der Waals surface area contributed by atoms with E-state index >= 15 is 0 Å². The average molecular weight is 524 g/mol. The Kier molecular flexibility index (Phi) is 9.22. The number of carbonyl (C=O) groups excluding carboxylic acids is 2. The fraction of sp³-hybridized carbons (Fsp3) is 0.192. The van der Waals surface area contributed by atoms with Crippen LogP contribution in [0.15, 0.2) is 76.3 Å². The van der Waals surface area contributed by atoms with E-state index in [4.69, 9.17) is 9.47 Å². The maximum absolute atomic E-state index is 12.2. The number of ether oxygens (including phenoxy) is 2. The SMILES string of the molecule is CCOc1cc(/C=N\NC(=O)C(=O)Nc2ccccc2CC)ccc1OCc1ccc(Br)cc1. The lowest BCUT2D eigenvalue weighted by atomic mass is 10.1. The highest BCUT2D eigenvalue weighted by Crippen LogP contribution is 2.29. The Bertz CT molecular complexity index is 1160. The standard InChI is InChI=1S/C26H26BrN3O4/c1-3-20-7-5-6-8-22(20)29-25(31)26(32)30-28-16-19-11-14-23(24(15-19)33-4-2)34-17-18-9-12-21(27)13-10-18/h5-16H,3-4,17H2,1-2H3,(H,29,31)(H,30,32)/b28-16-. The van der Waals surface area contributed by atoms with E-state index in [1.54, 1.807) is 30.3 Å². The van der Waals surface area contributed by atoms with E-state index in [0.717, 1.165) is 22.0 Å². The Labute approximate surface area is 207 Å². The van der Waals surface area contributed by atoms with Crippen molar-refractivity contribution in [1.29, 1.82) is 0 Å². The van der Waals surface area contributed by atoms with Crippen molar-refractivity contribution in [2.75, 3.05) is 11.9 Å². The van der Waals surface area contributed by atoms with Gasteiger partial charge in [-0.1, -0.05) is 53.2 Å². The summed E-state index contributed by atoms with van der Waals surface area (Å²) in [4.78, 5) is 24.3. The molecule has 0 heterocycles. The molecule has 0 aliphatic carbocycles. The number of carbonyl (C=O) groups is 2. The molecule has 2 N–H and O–H groups in total. The first-order chi connectivity index (χ1) is 16.5. The second-order valence-electron chi connectivity index (χ2n) is 7.22. The van der Waals surface area contributed by atoms with Gasteiger partial charge in [-0.05, 0) is 66.4 Å². The van der Waals surface area contributed by atoms with Gasteiger partial charge in [-0.3, -0.25) is 9.59 Å². The summed E-state index contributed by atoms with van der Waals surface area (Å²) in [5, 5.41) is 6.50. The fourth-order valence-electron chi connectivity index (χ4n) is 3.08. The summed E-state index contributed by atoms with van der Waals surface area (Å²) >= 11 is 3.42. The van der Waals surface area contributed by atoms with E-state index in [1.807, 2.05) is 50.2 Å². The van der Waals surface area contributed by atoms with Crippen LogP contribution in [0.25, 0.3) is 0 Å². The van der Waals surface area contributed by atoms with Gasteiger partial charge in [-0.25, -0.2) is 5.43 Å². The Balaban J connectivity index is 1.60. The van der Waals surface area contributed by atoms with Crippen molar-refractivity contribution in [1.82, 2.24) is 5.43 Å². The largest absolute Gasteiger partial charge is 0.490 e. The van der Waals surface area contributed by atoms with Crippen molar-refractivity contribution in [2.45, 2.75) is 26.9 Å².